The topological polar surface area (TPSA) is 59.1 Å². The normalized spacial score (nSPS) is 14.8. The highest BCUT2D eigenvalue weighted by Gasteiger charge is 2.19. The molecule has 0 spiro atoms. The van der Waals surface area contributed by atoms with Crippen molar-refractivity contribution in [2.45, 2.75) is 25.3 Å². The van der Waals surface area contributed by atoms with Crippen LogP contribution in [0.2, 0.25) is 0 Å². The number of rotatable bonds is 7. The van der Waals surface area contributed by atoms with Crippen molar-refractivity contribution in [2.24, 2.45) is 0 Å². The third-order valence-corrected chi connectivity index (χ3v) is 2.49. The molecule has 88 valence electrons. The summed E-state index contributed by atoms with van der Waals surface area (Å²) in [6, 6.07) is 0.789. The number of hydrogen-bond donors (Lipinski definition) is 2. The van der Waals surface area contributed by atoms with E-state index in [1.54, 1.807) is 19.5 Å². The van der Waals surface area contributed by atoms with Crippen LogP contribution in [0, 0.1) is 0 Å². The maximum Gasteiger partial charge on any atom is 0.233 e. The molecule has 0 unspecified atom stereocenters. The number of hydrogen-bond acceptors (Lipinski definition) is 5. The molecule has 0 aliphatic heterocycles. The second-order valence-corrected chi connectivity index (χ2v) is 3.96. The van der Waals surface area contributed by atoms with E-state index in [0.29, 0.717) is 5.88 Å². The van der Waals surface area contributed by atoms with E-state index in [2.05, 4.69) is 20.6 Å². The van der Waals surface area contributed by atoms with Crippen LogP contribution in [0.25, 0.3) is 0 Å². The number of aromatic nitrogens is 2. The minimum atomic E-state index is 0.543. The highest BCUT2D eigenvalue weighted by molar-refractivity contribution is 5.32. The second-order valence-electron chi connectivity index (χ2n) is 3.96. The van der Waals surface area contributed by atoms with Gasteiger partial charge in [-0.15, -0.1) is 0 Å². The van der Waals surface area contributed by atoms with Crippen LogP contribution in [0.1, 0.15) is 19.3 Å². The molecule has 1 saturated carbocycles. The van der Waals surface area contributed by atoms with Crippen LogP contribution in [0.5, 0.6) is 5.88 Å². The molecule has 1 heterocycles. The molecular formula is C11H18N4O. The lowest BCUT2D eigenvalue weighted by Crippen LogP contribution is -2.20. The van der Waals surface area contributed by atoms with E-state index >= 15 is 0 Å². The molecule has 1 fully saturated rings. The Morgan fingerprint density at radius 1 is 1.38 bits per heavy atom. The predicted octanol–water partition coefficient (Wildman–Crippen LogP) is 1.04. The summed E-state index contributed by atoms with van der Waals surface area (Å²) in [5, 5.41) is 6.68. The Morgan fingerprint density at radius 3 is 3.00 bits per heavy atom. The Morgan fingerprint density at radius 2 is 2.25 bits per heavy atom. The first kappa shape index (κ1) is 11.1. The molecule has 0 amide bonds. The smallest absolute Gasteiger partial charge is 0.233 e. The minimum Gasteiger partial charge on any atom is -0.480 e. The summed E-state index contributed by atoms with van der Waals surface area (Å²) in [5.41, 5.74) is 0. The largest absolute Gasteiger partial charge is 0.480 e. The van der Waals surface area contributed by atoms with Gasteiger partial charge in [0.05, 0.1) is 19.5 Å². The first-order valence-corrected chi connectivity index (χ1v) is 5.72. The van der Waals surface area contributed by atoms with Crippen LogP contribution in [-0.2, 0) is 0 Å². The third kappa shape index (κ3) is 3.66. The molecule has 1 aliphatic carbocycles. The Labute approximate surface area is 95.6 Å². The first-order chi connectivity index (χ1) is 7.88. The number of anilines is 1. The van der Waals surface area contributed by atoms with Crippen molar-refractivity contribution in [3.05, 3.63) is 12.4 Å². The van der Waals surface area contributed by atoms with Gasteiger partial charge in [-0.3, -0.25) is 4.98 Å². The highest BCUT2D eigenvalue weighted by atomic mass is 16.5. The number of methoxy groups -OCH3 is 1. The van der Waals surface area contributed by atoms with E-state index in [-0.39, 0.29) is 0 Å². The SMILES string of the molecule is COc1cncc(NCCCNC2CC2)n1. The van der Waals surface area contributed by atoms with Crippen molar-refractivity contribution in [3.63, 3.8) is 0 Å². The molecule has 1 aliphatic rings. The Bertz CT molecular complexity index is 328. The van der Waals surface area contributed by atoms with Gasteiger partial charge in [-0.05, 0) is 25.8 Å². The molecule has 1 aromatic rings. The fourth-order valence-corrected chi connectivity index (χ4v) is 1.43. The summed E-state index contributed by atoms with van der Waals surface area (Å²) in [4.78, 5) is 8.25. The van der Waals surface area contributed by atoms with Gasteiger partial charge in [0.2, 0.25) is 5.88 Å². The Hall–Kier alpha value is -1.36. The zero-order valence-electron chi connectivity index (χ0n) is 9.57. The van der Waals surface area contributed by atoms with Crippen molar-refractivity contribution in [3.8, 4) is 5.88 Å². The molecule has 16 heavy (non-hydrogen) atoms. The summed E-state index contributed by atoms with van der Waals surface area (Å²) >= 11 is 0. The average Bonchev–Trinajstić information content (AvgIpc) is 3.13. The highest BCUT2D eigenvalue weighted by Crippen LogP contribution is 2.18. The number of nitrogens with one attached hydrogen (secondary N) is 2. The van der Waals surface area contributed by atoms with Gasteiger partial charge < -0.3 is 15.4 Å². The van der Waals surface area contributed by atoms with Crippen LogP contribution in [-0.4, -0.2) is 36.2 Å². The lowest BCUT2D eigenvalue weighted by atomic mass is 10.4. The van der Waals surface area contributed by atoms with E-state index in [9.17, 15) is 0 Å². The molecule has 0 bridgehead atoms. The van der Waals surface area contributed by atoms with Gasteiger partial charge >= 0.3 is 0 Å². The minimum absolute atomic E-state index is 0.543. The second kappa shape index (κ2) is 5.65. The fourth-order valence-electron chi connectivity index (χ4n) is 1.43. The van der Waals surface area contributed by atoms with Crippen molar-refractivity contribution in [2.75, 3.05) is 25.5 Å². The summed E-state index contributed by atoms with van der Waals surface area (Å²) in [7, 11) is 1.59. The quantitative estimate of drug-likeness (QED) is 0.675. The van der Waals surface area contributed by atoms with E-state index in [4.69, 9.17) is 4.74 Å². The van der Waals surface area contributed by atoms with Gasteiger partial charge in [0.25, 0.3) is 0 Å². The van der Waals surface area contributed by atoms with Gasteiger partial charge in [-0.2, -0.15) is 4.98 Å². The van der Waals surface area contributed by atoms with Crippen LogP contribution in [0.3, 0.4) is 0 Å². The summed E-state index contributed by atoms with van der Waals surface area (Å²) in [6.45, 7) is 1.97. The Balaban J connectivity index is 1.63. The average molecular weight is 222 g/mol. The molecule has 0 atom stereocenters. The third-order valence-electron chi connectivity index (χ3n) is 2.49. The zero-order chi connectivity index (χ0) is 11.2. The van der Waals surface area contributed by atoms with Crippen LogP contribution in [0.15, 0.2) is 12.4 Å². The maximum absolute atomic E-state index is 5.00. The molecule has 0 radical (unpaired) electrons. The fraction of sp³-hybridized carbons (Fsp3) is 0.636. The van der Waals surface area contributed by atoms with Gasteiger partial charge in [-0.25, -0.2) is 0 Å². The van der Waals surface area contributed by atoms with E-state index in [1.165, 1.54) is 12.8 Å². The molecule has 5 heteroatoms. The summed E-state index contributed by atoms with van der Waals surface area (Å²) in [5.74, 6) is 1.31. The first-order valence-electron chi connectivity index (χ1n) is 5.72. The van der Waals surface area contributed by atoms with E-state index in [1.807, 2.05) is 0 Å². The van der Waals surface area contributed by atoms with Gasteiger partial charge in [0, 0.05) is 12.6 Å². The molecule has 1 aromatic heterocycles. The van der Waals surface area contributed by atoms with Crippen molar-refractivity contribution in [1.82, 2.24) is 15.3 Å². The molecule has 0 saturated heterocycles. The van der Waals surface area contributed by atoms with Crippen molar-refractivity contribution < 1.29 is 4.74 Å². The van der Waals surface area contributed by atoms with Crippen LogP contribution >= 0.6 is 0 Å². The standard InChI is InChI=1S/C11H18N4O/c1-16-11-8-12-7-10(15-11)14-6-2-5-13-9-3-4-9/h7-9,13H,2-6H2,1H3,(H,14,15). The predicted molar refractivity (Wildman–Crippen MR) is 62.7 cm³/mol. The molecule has 2 N–H and O–H groups in total. The number of nitrogens with zero attached hydrogens (tertiary/aromatic N) is 2. The van der Waals surface area contributed by atoms with Gasteiger partial charge in [0.15, 0.2) is 0 Å². The van der Waals surface area contributed by atoms with Gasteiger partial charge in [0.1, 0.15) is 5.82 Å². The van der Waals surface area contributed by atoms with Crippen molar-refractivity contribution >= 4 is 5.82 Å². The molecule has 0 aromatic carbocycles. The van der Waals surface area contributed by atoms with Gasteiger partial charge in [-0.1, -0.05) is 0 Å². The zero-order valence-corrected chi connectivity index (χ0v) is 9.57. The lowest BCUT2D eigenvalue weighted by molar-refractivity contribution is 0.396. The molecule has 2 rings (SSSR count). The van der Waals surface area contributed by atoms with E-state index in [0.717, 1.165) is 31.4 Å². The summed E-state index contributed by atoms with van der Waals surface area (Å²) < 4.78 is 5.00. The van der Waals surface area contributed by atoms with Crippen LogP contribution in [0.4, 0.5) is 5.82 Å². The molecule has 5 nitrogen and oxygen atoms in total. The van der Waals surface area contributed by atoms with Crippen LogP contribution < -0.4 is 15.4 Å². The lowest BCUT2D eigenvalue weighted by Gasteiger charge is -2.06. The van der Waals surface area contributed by atoms with E-state index < -0.39 is 0 Å². The summed E-state index contributed by atoms with van der Waals surface area (Å²) in [6.07, 6.45) is 7.08. The molecular weight excluding hydrogens is 204 g/mol. The maximum atomic E-state index is 5.00. The monoisotopic (exact) mass is 222 g/mol. The number of ether oxygens (including phenoxy) is 1. The van der Waals surface area contributed by atoms with Crippen molar-refractivity contribution in [1.29, 1.82) is 0 Å². The Kier molecular flexibility index (Phi) is 3.93.